The largest absolute Gasteiger partial charge is 0.122 e. The third-order valence-electron chi connectivity index (χ3n) is 2.71. The summed E-state index contributed by atoms with van der Waals surface area (Å²) in [5.74, 6) is 1.44. The normalized spacial score (nSPS) is 23.5. The Balaban J connectivity index is 2.46. The van der Waals surface area contributed by atoms with E-state index in [1.54, 1.807) is 0 Å². The van der Waals surface area contributed by atoms with Gasteiger partial charge in [0.15, 0.2) is 0 Å². The Bertz CT molecular complexity index is 191. The molecule has 0 aromatic heterocycles. The summed E-state index contributed by atoms with van der Waals surface area (Å²) in [7, 11) is 0. The minimum Gasteiger partial charge on any atom is -0.122 e. The molecular weight excluding hydrogens is 168 g/mol. The van der Waals surface area contributed by atoms with E-state index in [2.05, 4.69) is 19.6 Å². The molecule has 0 aromatic carbocycles. The van der Waals surface area contributed by atoms with Crippen molar-refractivity contribution in [2.24, 2.45) is 5.92 Å². The first-order chi connectivity index (χ1) is 5.77. The van der Waals surface area contributed by atoms with Crippen molar-refractivity contribution < 1.29 is 0 Å². The molecule has 0 radical (unpaired) electrons. The summed E-state index contributed by atoms with van der Waals surface area (Å²) in [5.41, 5.74) is 2.82. The summed E-state index contributed by atoms with van der Waals surface area (Å²) in [6.45, 7) is 6.27. The van der Waals surface area contributed by atoms with E-state index in [-0.39, 0.29) is 0 Å². The summed E-state index contributed by atoms with van der Waals surface area (Å²) < 4.78 is 0. The summed E-state index contributed by atoms with van der Waals surface area (Å²) in [6, 6.07) is 0. The zero-order valence-electron chi connectivity index (χ0n) is 7.78. The second-order valence-electron chi connectivity index (χ2n) is 3.48. The van der Waals surface area contributed by atoms with Gasteiger partial charge in [0, 0.05) is 5.88 Å². The Morgan fingerprint density at radius 1 is 1.75 bits per heavy atom. The first-order valence-electron chi connectivity index (χ1n) is 4.69. The summed E-state index contributed by atoms with van der Waals surface area (Å²) in [6.07, 6.45) is 7.00. The van der Waals surface area contributed by atoms with Gasteiger partial charge < -0.3 is 0 Å². The highest BCUT2D eigenvalue weighted by Gasteiger charge is 2.15. The van der Waals surface area contributed by atoms with Gasteiger partial charge in [-0.3, -0.25) is 0 Å². The van der Waals surface area contributed by atoms with Crippen LogP contribution in [-0.4, -0.2) is 5.88 Å². The van der Waals surface area contributed by atoms with Crippen molar-refractivity contribution >= 4 is 11.6 Å². The van der Waals surface area contributed by atoms with Crippen LogP contribution >= 0.6 is 11.6 Å². The van der Waals surface area contributed by atoms with Crippen LogP contribution in [0.15, 0.2) is 23.8 Å². The number of hydrogen-bond donors (Lipinski definition) is 0. The highest BCUT2D eigenvalue weighted by atomic mass is 35.5. The van der Waals surface area contributed by atoms with Gasteiger partial charge in [-0.25, -0.2) is 0 Å². The Kier molecular flexibility index (Phi) is 3.87. The fourth-order valence-electron chi connectivity index (χ4n) is 1.67. The molecule has 1 atom stereocenters. The molecule has 0 saturated heterocycles. The molecule has 0 heterocycles. The monoisotopic (exact) mass is 184 g/mol. The molecule has 1 rings (SSSR count). The smallest absolute Gasteiger partial charge is 0.0433 e. The van der Waals surface area contributed by atoms with Crippen molar-refractivity contribution in [2.45, 2.75) is 32.6 Å². The zero-order valence-corrected chi connectivity index (χ0v) is 8.53. The van der Waals surface area contributed by atoms with Gasteiger partial charge in [0.25, 0.3) is 0 Å². The first-order valence-corrected chi connectivity index (χ1v) is 5.23. The number of halogens is 1. The first kappa shape index (κ1) is 9.85. The molecule has 0 spiro atoms. The van der Waals surface area contributed by atoms with E-state index < -0.39 is 0 Å². The lowest BCUT2D eigenvalue weighted by Gasteiger charge is -2.22. The molecule has 0 fully saturated rings. The molecule has 1 aliphatic rings. The molecule has 0 bridgehead atoms. The van der Waals surface area contributed by atoms with Gasteiger partial charge in [0.1, 0.15) is 0 Å². The Hall–Kier alpha value is -0.230. The molecule has 0 aromatic rings. The number of rotatable bonds is 3. The van der Waals surface area contributed by atoms with Gasteiger partial charge in [-0.2, -0.15) is 0 Å². The quantitative estimate of drug-likeness (QED) is 0.461. The standard InChI is InChI=1S/C11H17Cl/c1-3-9(2)11-6-4-10(8-12)5-7-11/h4,11H,2-3,5-8H2,1H3/t11-/m1/s1. The average Bonchev–Trinajstić information content (AvgIpc) is 2.17. The minimum absolute atomic E-state index is 0.714. The van der Waals surface area contributed by atoms with Crippen molar-refractivity contribution in [3.8, 4) is 0 Å². The lowest BCUT2D eigenvalue weighted by molar-refractivity contribution is 0.528. The third kappa shape index (κ3) is 2.38. The summed E-state index contributed by atoms with van der Waals surface area (Å²) in [5, 5.41) is 0. The lowest BCUT2D eigenvalue weighted by atomic mass is 9.84. The van der Waals surface area contributed by atoms with Crippen molar-refractivity contribution in [3.05, 3.63) is 23.8 Å². The predicted molar refractivity (Wildman–Crippen MR) is 55.6 cm³/mol. The molecule has 12 heavy (non-hydrogen) atoms. The molecule has 0 saturated carbocycles. The Labute approximate surface area is 80.3 Å². The van der Waals surface area contributed by atoms with E-state index in [4.69, 9.17) is 11.6 Å². The number of hydrogen-bond acceptors (Lipinski definition) is 0. The van der Waals surface area contributed by atoms with Crippen LogP contribution in [0.25, 0.3) is 0 Å². The number of allylic oxidation sites excluding steroid dienone is 3. The number of alkyl halides is 1. The van der Waals surface area contributed by atoms with Gasteiger partial charge in [0.05, 0.1) is 0 Å². The summed E-state index contributed by atoms with van der Waals surface area (Å²) >= 11 is 5.75. The van der Waals surface area contributed by atoms with Gasteiger partial charge in [-0.1, -0.05) is 30.7 Å². The maximum Gasteiger partial charge on any atom is 0.0433 e. The molecular formula is C11H17Cl. The highest BCUT2D eigenvalue weighted by molar-refractivity contribution is 6.19. The van der Waals surface area contributed by atoms with Crippen LogP contribution in [0.5, 0.6) is 0 Å². The van der Waals surface area contributed by atoms with Crippen molar-refractivity contribution in [1.82, 2.24) is 0 Å². The highest BCUT2D eigenvalue weighted by Crippen LogP contribution is 2.29. The maximum atomic E-state index is 5.75. The molecule has 0 nitrogen and oxygen atoms in total. The van der Waals surface area contributed by atoms with Crippen LogP contribution in [0.1, 0.15) is 32.6 Å². The predicted octanol–water partition coefficient (Wildman–Crippen LogP) is 3.92. The van der Waals surface area contributed by atoms with Crippen LogP contribution < -0.4 is 0 Å². The molecule has 1 heteroatoms. The third-order valence-corrected chi connectivity index (χ3v) is 3.05. The van der Waals surface area contributed by atoms with Crippen LogP contribution in [0.2, 0.25) is 0 Å². The molecule has 1 aliphatic carbocycles. The van der Waals surface area contributed by atoms with E-state index in [9.17, 15) is 0 Å². The second kappa shape index (κ2) is 4.71. The second-order valence-corrected chi connectivity index (χ2v) is 3.75. The SMILES string of the molecule is C=C(CC)[C@@H]1CC=C(CCl)CC1. The van der Waals surface area contributed by atoms with E-state index in [1.807, 2.05) is 0 Å². The maximum absolute atomic E-state index is 5.75. The van der Waals surface area contributed by atoms with Crippen LogP contribution in [0.3, 0.4) is 0 Å². The summed E-state index contributed by atoms with van der Waals surface area (Å²) in [4.78, 5) is 0. The van der Waals surface area contributed by atoms with Crippen molar-refractivity contribution in [3.63, 3.8) is 0 Å². The van der Waals surface area contributed by atoms with E-state index >= 15 is 0 Å². The van der Waals surface area contributed by atoms with Gasteiger partial charge in [0.2, 0.25) is 0 Å². The topological polar surface area (TPSA) is 0 Å². The van der Waals surface area contributed by atoms with Gasteiger partial charge >= 0.3 is 0 Å². The fraction of sp³-hybridized carbons (Fsp3) is 0.636. The van der Waals surface area contributed by atoms with Crippen LogP contribution in [0, 0.1) is 5.92 Å². The zero-order chi connectivity index (χ0) is 8.97. The molecule has 0 N–H and O–H groups in total. The molecule has 68 valence electrons. The fourth-order valence-corrected chi connectivity index (χ4v) is 1.91. The minimum atomic E-state index is 0.714. The van der Waals surface area contributed by atoms with E-state index in [0.717, 1.165) is 18.8 Å². The van der Waals surface area contributed by atoms with Crippen molar-refractivity contribution in [2.75, 3.05) is 5.88 Å². The average molecular weight is 185 g/mol. The van der Waals surface area contributed by atoms with Gasteiger partial charge in [-0.05, 0) is 31.6 Å². The van der Waals surface area contributed by atoms with Crippen molar-refractivity contribution in [1.29, 1.82) is 0 Å². The molecule has 0 amide bonds. The molecule has 0 aliphatic heterocycles. The lowest BCUT2D eigenvalue weighted by Crippen LogP contribution is -2.08. The Morgan fingerprint density at radius 3 is 2.92 bits per heavy atom. The molecule has 0 unspecified atom stereocenters. The van der Waals surface area contributed by atoms with E-state index in [0.29, 0.717) is 5.88 Å². The van der Waals surface area contributed by atoms with Gasteiger partial charge in [-0.15, -0.1) is 11.6 Å². The Morgan fingerprint density at radius 2 is 2.50 bits per heavy atom. The van der Waals surface area contributed by atoms with E-state index in [1.165, 1.54) is 24.0 Å². The van der Waals surface area contributed by atoms with Crippen LogP contribution in [0.4, 0.5) is 0 Å². The van der Waals surface area contributed by atoms with Crippen LogP contribution in [-0.2, 0) is 0 Å².